The fourth-order valence-corrected chi connectivity index (χ4v) is 2.65. The van der Waals surface area contributed by atoms with Crippen LogP contribution in [0.5, 0.6) is 0 Å². The van der Waals surface area contributed by atoms with Crippen molar-refractivity contribution in [3.63, 3.8) is 0 Å². The standard InChI is InChI=1S/C17H20N4O3/c1-2-24-17(23)13-9-12(10-18-11-13)15-3-4-16(20-19-15)21-7-5-14(22)6-8-21/h3-4,9-11,14,22H,2,5-8H2,1H3. The maximum absolute atomic E-state index is 11.8. The van der Waals surface area contributed by atoms with Gasteiger partial charge in [-0.05, 0) is 38.0 Å². The zero-order chi connectivity index (χ0) is 16.9. The van der Waals surface area contributed by atoms with Gasteiger partial charge in [-0.15, -0.1) is 10.2 Å². The predicted octanol–water partition coefficient (Wildman–Crippen LogP) is 1.68. The van der Waals surface area contributed by atoms with E-state index in [1.54, 1.807) is 19.2 Å². The van der Waals surface area contributed by atoms with Gasteiger partial charge in [-0.25, -0.2) is 4.79 Å². The molecule has 0 aliphatic carbocycles. The minimum atomic E-state index is -0.400. The molecule has 0 atom stereocenters. The smallest absolute Gasteiger partial charge is 0.339 e. The zero-order valence-corrected chi connectivity index (χ0v) is 13.6. The largest absolute Gasteiger partial charge is 0.462 e. The number of carbonyl (C=O) groups excluding carboxylic acids is 1. The maximum Gasteiger partial charge on any atom is 0.339 e. The van der Waals surface area contributed by atoms with E-state index in [9.17, 15) is 9.90 Å². The van der Waals surface area contributed by atoms with Crippen LogP contribution in [0.2, 0.25) is 0 Å². The first-order valence-corrected chi connectivity index (χ1v) is 8.06. The van der Waals surface area contributed by atoms with Crippen molar-refractivity contribution in [3.8, 4) is 11.3 Å². The second-order valence-corrected chi connectivity index (χ2v) is 5.68. The van der Waals surface area contributed by atoms with Crippen molar-refractivity contribution in [1.82, 2.24) is 15.2 Å². The summed E-state index contributed by atoms with van der Waals surface area (Å²) in [5.41, 5.74) is 1.76. The molecular weight excluding hydrogens is 308 g/mol. The average molecular weight is 328 g/mol. The third-order valence-electron chi connectivity index (χ3n) is 3.98. The fraction of sp³-hybridized carbons (Fsp3) is 0.412. The van der Waals surface area contributed by atoms with Gasteiger partial charge in [-0.1, -0.05) is 0 Å². The molecular formula is C17H20N4O3. The van der Waals surface area contributed by atoms with Crippen molar-refractivity contribution in [3.05, 3.63) is 36.2 Å². The molecule has 126 valence electrons. The Hall–Kier alpha value is -2.54. The van der Waals surface area contributed by atoms with Crippen LogP contribution < -0.4 is 4.90 Å². The first-order valence-electron chi connectivity index (χ1n) is 8.06. The summed E-state index contributed by atoms with van der Waals surface area (Å²) in [7, 11) is 0. The highest BCUT2D eigenvalue weighted by molar-refractivity contribution is 5.90. The summed E-state index contributed by atoms with van der Waals surface area (Å²) in [6.45, 7) is 3.63. The molecule has 1 saturated heterocycles. The lowest BCUT2D eigenvalue weighted by molar-refractivity contribution is 0.0526. The number of hydrogen-bond acceptors (Lipinski definition) is 7. The van der Waals surface area contributed by atoms with Crippen molar-refractivity contribution >= 4 is 11.8 Å². The Bertz CT molecular complexity index is 697. The Morgan fingerprint density at radius 3 is 2.75 bits per heavy atom. The van der Waals surface area contributed by atoms with Gasteiger partial charge in [0.25, 0.3) is 0 Å². The van der Waals surface area contributed by atoms with Crippen LogP contribution in [0.4, 0.5) is 5.82 Å². The van der Waals surface area contributed by atoms with E-state index >= 15 is 0 Å². The van der Waals surface area contributed by atoms with Crippen LogP contribution in [0.1, 0.15) is 30.1 Å². The molecule has 0 amide bonds. The summed E-state index contributed by atoms with van der Waals surface area (Å²) in [6.07, 6.45) is 4.39. The van der Waals surface area contributed by atoms with Crippen LogP contribution in [0.3, 0.4) is 0 Å². The van der Waals surface area contributed by atoms with E-state index in [1.165, 1.54) is 6.20 Å². The number of esters is 1. The van der Waals surface area contributed by atoms with Crippen LogP contribution in [0.25, 0.3) is 11.3 Å². The molecule has 3 rings (SSSR count). The number of aliphatic hydroxyl groups is 1. The number of rotatable bonds is 4. The lowest BCUT2D eigenvalue weighted by Crippen LogP contribution is -2.36. The van der Waals surface area contributed by atoms with Gasteiger partial charge in [0.2, 0.25) is 0 Å². The SMILES string of the molecule is CCOC(=O)c1cncc(-c2ccc(N3CCC(O)CC3)nn2)c1. The summed E-state index contributed by atoms with van der Waals surface area (Å²) >= 11 is 0. The average Bonchev–Trinajstić information content (AvgIpc) is 2.63. The van der Waals surface area contributed by atoms with Crippen molar-refractivity contribution < 1.29 is 14.6 Å². The monoisotopic (exact) mass is 328 g/mol. The van der Waals surface area contributed by atoms with Crippen LogP contribution in [-0.4, -0.2) is 52.1 Å². The van der Waals surface area contributed by atoms with Crippen LogP contribution >= 0.6 is 0 Å². The lowest BCUT2D eigenvalue weighted by atomic mass is 10.1. The highest BCUT2D eigenvalue weighted by atomic mass is 16.5. The van der Waals surface area contributed by atoms with Gasteiger partial charge in [-0.2, -0.15) is 0 Å². The molecule has 1 aliphatic heterocycles. The van der Waals surface area contributed by atoms with Gasteiger partial charge in [0.05, 0.1) is 24.0 Å². The summed E-state index contributed by atoms with van der Waals surface area (Å²) in [4.78, 5) is 18.0. The Morgan fingerprint density at radius 1 is 1.29 bits per heavy atom. The Labute approximate surface area is 140 Å². The van der Waals surface area contributed by atoms with E-state index in [0.29, 0.717) is 23.4 Å². The Kier molecular flexibility index (Phi) is 5.00. The molecule has 0 aromatic carbocycles. The highest BCUT2D eigenvalue weighted by Gasteiger charge is 2.18. The van der Waals surface area contributed by atoms with Gasteiger partial charge < -0.3 is 14.7 Å². The van der Waals surface area contributed by atoms with E-state index in [1.807, 2.05) is 12.1 Å². The summed E-state index contributed by atoms with van der Waals surface area (Å²) in [5.74, 6) is 0.392. The van der Waals surface area contributed by atoms with Gasteiger partial charge in [0.15, 0.2) is 5.82 Å². The molecule has 0 bridgehead atoms. The van der Waals surface area contributed by atoms with E-state index in [-0.39, 0.29) is 6.10 Å². The minimum absolute atomic E-state index is 0.217. The molecule has 2 aromatic rings. The summed E-state index contributed by atoms with van der Waals surface area (Å²) in [5, 5.41) is 18.1. The normalized spacial score (nSPS) is 15.3. The number of nitrogens with zero attached hydrogens (tertiary/aromatic N) is 4. The number of piperidine rings is 1. The van der Waals surface area contributed by atoms with E-state index in [0.717, 1.165) is 31.7 Å². The third-order valence-corrected chi connectivity index (χ3v) is 3.98. The number of ether oxygens (including phenoxy) is 1. The highest BCUT2D eigenvalue weighted by Crippen LogP contribution is 2.21. The van der Waals surface area contributed by atoms with Gasteiger partial charge >= 0.3 is 5.97 Å². The second kappa shape index (κ2) is 7.35. The molecule has 2 aromatic heterocycles. The Morgan fingerprint density at radius 2 is 2.08 bits per heavy atom. The first-order chi connectivity index (χ1) is 11.7. The molecule has 24 heavy (non-hydrogen) atoms. The molecule has 1 fully saturated rings. The van der Waals surface area contributed by atoms with Gasteiger partial charge in [-0.3, -0.25) is 4.98 Å². The van der Waals surface area contributed by atoms with Crippen molar-refractivity contribution in [1.29, 1.82) is 0 Å². The number of hydrogen-bond donors (Lipinski definition) is 1. The molecule has 7 nitrogen and oxygen atoms in total. The number of carbonyl (C=O) groups is 1. The zero-order valence-electron chi connectivity index (χ0n) is 13.6. The molecule has 0 unspecified atom stereocenters. The summed E-state index contributed by atoms with van der Waals surface area (Å²) < 4.78 is 4.98. The maximum atomic E-state index is 11.8. The molecule has 3 heterocycles. The molecule has 7 heteroatoms. The van der Waals surface area contributed by atoms with Crippen LogP contribution in [-0.2, 0) is 4.74 Å². The summed E-state index contributed by atoms with van der Waals surface area (Å²) in [6, 6.07) is 5.46. The predicted molar refractivity (Wildman–Crippen MR) is 88.7 cm³/mol. The lowest BCUT2D eigenvalue weighted by Gasteiger charge is -2.30. The molecule has 1 N–H and O–H groups in total. The fourth-order valence-electron chi connectivity index (χ4n) is 2.65. The topological polar surface area (TPSA) is 88.4 Å². The van der Waals surface area contributed by atoms with Gasteiger partial charge in [0, 0.05) is 31.0 Å². The van der Waals surface area contributed by atoms with Crippen molar-refractivity contribution in [2.45, 2.75) is 25.9 Å². The van der Waals surface area contributed by atoms with Crippen molar-refractivity contribution in [2.24, 2.45) is 0 Å². The molecule has 1 aliphatic rings. The number of anilines is 1. The second-order valence-electron chi connectivity index (χ2n) is 5.68. The minimum Gasteiger partial charge on any atom is -0.462 e. The number of pyridine rings is 1. The van der Waals surface area contributed by atoms with E-state index in [2.05, 4.69) is 20.1 Å². The quantitative estimate of drug-likeness (QED) is 0.854. The number of aliphatic hydroxyl groups excluding tert-OH is 1. The van der Waals surface area contributed by atoms with Crippen molar-refractivity contribution in [2.75, 3.05) is 24.6 Å². The third kappa shape index (κ3) is 3.68. The Balaban J connectivity index is 1.76. The molecule has 0 radical (unpaired) electrons. The van der Waals surface area contributed by atoms with Crippen LogP contribution in [0, 0.1) is 0 Å². The molecule has 0 saturated carbocycles. The number of aromatic nitrogens is 3. The van der Waals surface area contributed by atoms with E-state index < -0.39 is 5.97 Å². The van der Waals surface area contributed by atoms with E-state index in [4.69, 9.17) is 4.74 Å². The first kappa shape index (κ1) is 16.3. The molecule has 0 spiro atoms. The van der Waals surface area contributed by atoms with Crippen LogP contribution in [0.15, 0.2) is 30.6 Å². The van der Waals surface area contributed by atoms with Gasteiger partial charge in [0.1, 0.15) is 0 Å².